The number of nitrogens with zero attached hydrogens (tertiary/aromatic N) is 2. The topological polar surface area (TPSA) is 105 Å². The van der Waals surface area contributed by atoms with Crippen LogP contribution in [0.25, 0.3) is 0 Å². The Morgan fingerprint density at radius 1 is 0.977 bits per heavy atom. The molecule has 0 saturated carbocycles. The second-order valence-corrected chi connectivity index (χ2v) is 12.0. The number of hydrogen-bond donors (Lipinski definition) is 1. The number of methoxy groups -OCH3 is 2. The Hall–Kier alpha value is -3.83. The summed E-state index contributed by atoms with van der Waals surface area (Å²) in [5.41, 5.74) is 0.649. The molecule has 1 atom stereocenters. The summed E-state index contributed by atoms with van der Waals surface area (Å²) in [6, 6.07) is 14.8. The van der Waals surface area contributed by atoms with Crippen LogP contribution in [0.15, 0.2) is 71.6 Å². The summed E-state index contributed by atoms with van der Waals surface area (Å²) >= 11 is 6.42. The average Bonchev–Trinajstić information content (AvgIpc) is 3.00. The van der Waals surface area contributed by atoms with Crippen molar-refractivity contribution in [1.29, 1.82) is 0 Å². The molecule has 3 rings (SSSR count). The van der Waals surface area contributed by atoms with Gasteiger partial charge in [0.2, 0.25) is 11.8 Å². The maximum absolute atomic E-state index is 14.1. The van der Waals surface area contributed by atoms with E-state index in [1.54, 1.807) is 31.2 Å². The molecule has 0 bridgehead atoms. The van der Waals surface area contributed by atoms with Crippen LogP contribution in [0.1, 0.15) is 38.7 Å². The molecular weight excluding hydrogens is 597 g/mol. The van der Waals surface area contributed by atoms with E-state index in [4.69, 9.17) is 21.1 Å². The summed E-state index contributed by atoms with van der Waals surface area (Å²) in [6.07, 6.45) is 1.91. The third kappa shape index (κ3) is 8.39. The predicted octanol–water partition coefficient (Wildman–Crippen LogP) is 5.42. The number of carbonyl (C=O) groups is 2. The first kappa shape index (κ1) is 33.7. The third-order valence-electron chi connectivity index (χ3n) is 6.85. The molecule has 0 aliphatic heterocycles. The van der Waals surface area contributed by atoms with E-state index in [9.17, 15) is 22.4 Å². The number of anilines is 1. The lowest BCUT2D eigenvalue weighted by Gasteiger charge is -2.33. The molecule has 0 aromatic heterocycles. The van der Waals surface area contributed by atoms with Gasteiger partial charge in [-0.1, -0.05) is 50.1 Å². The van der Waals surface area contributed by atoms with Crippen molar-refractivity contribution in [3.8, 4) is 11.5 Å². The van der Waals surface area contributed by atoms with Crippen molar-refractivity contribution in [1.82, 2.24) is 10.2 Å². The lowest BCUT2D eigenvalue weighted by atomic mass is 10.1. The molecule has 1 N–H and O–H groups in total. The van der Waals surface area contributed by atoms with Gasteiger partial charge in [0.05, 0.1) is 24.8 Å². The van der Waals surface area contributed by atoms with E-state index >= 15 is 0 Å². The Morgan fingerprint density at radius 2 is 1.65 bits per heavy atom. The number of nitrogens with one attached hydrogen (secondary N) is 1. The quantitative estimate of drug-likeness (QED) is 0.224. The van der Waals surface area contributed by atoms with Gasteiger partial charge in [-0.05, 0) is 60.9 Å². The molecule has 0 aliphatic carbocycles. The number of rotatable bonds is 15. The Kier molecular flexibility index (Phi) is 12.2. The number of unbranched alkanes of at least 4 members (excludes halogenated alkanes) is 1. The first-order chi connectivity index (χ1) is 20.6. The van der Waals surface area contributed by atoms with Crippen LogP contribution in [-0.4, -0.2) is 58.5 Å². The predicted molar refractivity (Wildman–Crippen MR) is 164 cm³/mol. The van der Waals surface area contributed by atoms with E-state index < -0.39 is 34.3 Å². The van der Waals surface area contributed by atoms with Crippen LogP contribution >= 0.6 is 11.6 Å². The highest BCUT2D eigenvalue weighted by Crippen LogP contribution is 2.32. The Bertz CT molecular complexity index is 1500. The summed E-state index contributed by atoms with van der Waals surface area (Å²) in [4.78, 5) is 28.6. The van der Waals surface area contributed by atoms with Gasteiger partial charge >= 0.3 is 0 Å². The molecular formula is C31H37ClFN3O6S. The van der Waals surface area contributed by atoms with Crippen molar-refractivity contribution >= 4 is 39.1 Å². The van der Waals surface area contributed by atoms with Gasteiger partial charge < -0.3 is 19.7 Å². The van der Waals surface area contributed by atoms with Crippen molar-refractivity contribution < 1.29 is 31.9 Å². The lowest BCUT2D eigenvalue weighted by Crippen LogP contribution is -2.52. The highest BCUT2D eigenvalue weighted by Gasteiger charge is 2.34. The van der Waals surface area contributed by atoms with E-state index in [-0.39, 0.29) is 35.2 Å². The monoisotopic (exact) mass is 633 g/mol. The number of carbonyl (C=O) groups excluding carboxylic acids is 2. The highest BCUT2D eigenvalue weighted by atomic mass is 35.5. The molecule has 12 heteroatoms. The Balaban J connectivity index is 2.08. The van der Waals surface area contributed by atoms with E-state index in [2.05, 4.69) is 5.32 Å². The fourth-order valence-electron chi connectivity index (χ4n) is 4.48. The van der Waals surface area contributed by atoms with E-state index in [1.807, 2.05) is 6.92 Å². The Morgan fingerprint density at radius 3 is 2.26 bits per heavy atom. The molecule has 9 nitrogen and oxygen atoms in total. The third-order valence-corrected chi connectivity index (χ3v) is 8.99. The maximum atomic E-state index is 14.1. The second kappa shape index (κ2) is 15.6. The molecule has 232 valence electrons. The minimum atomic E-state index is -4.40. The molecule has 0 spiro atoms. The number of amides is 2. The molecule has 43 heavy (non-hydrogen) atoms. The summed E-state index contributed by atoms with van der Waals surface area (Å²) < 4.78 is 53.4. The molecule has 2 amide bonds. The van der Waals surface area contributed by atoms with Crippen molar-refractivity contribution in [2.45, 2.75) is 50.6 Å². The fraction of sp³-hybridized carbons (Fsp3) is 0.355. The van der Waals surface area contributed by atoms with E-state index in [0.717, 1.165) is 29.3 Å². The average molecular weight is 634 g/mol. The van der Waals surface area contributed by atoms with Gasteiger partial charge in [-0.25, -0.2) is 12.8 Å². The smallest absolute Gasteiger partial charge is 0.264 e. The number of halogens is 2. The standard InChI is InChI=1S/C31H37ClFN3O6S/c1-5-7-18-34-31(38)27(6-2)35(20-22-10-8-9-11-26(22)32)30(37)21-36(24-14-12-23(33)13-15-24)43(39,40)25-16-17-28(41-3)29(19-25)42-4/h8-17,19,27H,5-7,18,20-21H2,1-4H3,(H,34,38)/t27-/m0/s1. The van der Waals surface area contributed by atoms with Crippen LogP contribution in [0.5, 0.6) is 11.5 Å². The van der Waals surface area contributed by atoms with Crippen LogP contribution in [-0.2, 0) is 26.2 Å². The lowest BCUT2D eigenvalue weighted by molar-refractivity contribution is -0.140. The van der Waals surface area contributed by atoms with E-state index in [1.165, 1.54) is 49.5 Å². The summed E-state index contributed by atoms with van der Waals surface area (Å²) in [6.45, 7) is 3.50. The number of ether oxygens (including phenoxy) is 2. The van der Waals surface area contributed by atoms with Crippen LogP contribution in [0.2, 0.25) is 5.02 Å². The molecule has 0 aliphatic rings. The SMILES string of the molecule is CCCCNC(=O)[C@H](CC)N(Cc1ccccc1Cl)C(=O)CN(c1ccc(F)cc1)S(=O)(=O)c1ccc(OC)c(OC)c1. The minimum absolute atomic E-state index is 0.0358. The van der Waals surface area contributed by atoms with Crippen molar-refractivity contribution in [3.05, 3.63) is 83.1 Å². The molecule has 3 aromatic carbocycles. The van der Waals surface area contributed by atoms with Gasteiger partial charge in [-0.2, -0.15) is 0 Å². The number of sulfonamides is 1. The summed E-state index contributed by atoms with van der Waals surface area (Å²) in [7, 11) is -1.61. The molecule has 3 aromatic rings. The summed E-state index contributed by atoms with van der Waals surface area (Å²) in [5, 5.41) is 3.27. The first-order valence-corrected chi connectivity index (χ1v) is 15.7. The van der Waals surface area contributed by atoms with Gasteiger partial charge in [0.15, 0.2) is 11.5 Å². The zero-order valence-corrected chi connectivity index (χ0v) is 26.3. The molecule has 0 fully saturated rings. The minimum Gasteiger partial charge on any atom is -0.493 e. The summed E-state index contributed by atoms with van der Waals surface area (Å²) in [5.74, 6) is -1.09. The van der Waals surface area contributed by atoms with Crippen molar-refractivity contribution in [3.63, 3.8) is 0 Å². The van der Waals surface area contributed by atoms with Gasteiger partial charge in [0.1, 0.15) is 18.4 Å². The number of hydrogen-bond acceptors (Lipinski definition) is 6. The molecule has 0 heterocycles. The fourth-order valence-corrected chi connectivity index (χ4v) is 6.10. The normalized spacial score (nSPS) is 11.9. The maximum Gasteiger partial charge on any atom is 0.264 e. The van der Waals surface area contributed by atoms with Crippen LogP contribution in [0.4, 0.5) is 10.1 Å². The second-order valence-electron chi connectivity index (χ2n) is 9.69. The van der Waals surface area contributed by atoms with Crippen LogP contribution < -0.4 is 19.1 Å². The largest absolute Gasteiger partial charge is 0.493 e. The first-order valence-electron chi connectivity index (χ1n) is 13.9. The van der Waals surface area contributed by atoms with Crippen LogP contribution in [0.3, 0.4) is 0 Å². The molecule has 0 saturated heterocycles. The molecule has 0 radical (unpaired) electrons. The van der Waals surface area contributed by atoms with Crippen molar-refractivity contribution in [2.75, 3.05) is 31.6 Å². The van der Waals surface area contributed by atoms with Crippen LogP contribution in [0, 0.1) is 5.82 Å². The zero-order chi connectivity index (χ0) is 31.6. The molecule has 0 unspecified atom stereocenters. The van der Waals surface area contributed by atoms with Gasteiger partial charge in [0, 0.05) is 24.2 Å². The Labute approximate surface area is 257 Å². The number of benzene rings is 3. The zero-order valence-electron chi connectivity index (χ0n) is 24.7. The van der Waals surface area contributed by atoms with Gasteiger partial charge in [-0.3, -0.25) is 13.9 Å². The van der Waals surface area contributed by atoms with Gasteiger partial charge in [-0.15, -0.1) is 0 Å². The van der Waals surface area contributed by atoms with E-state index in [0.29, 0.717) is 22.9 Å². The van der Waals surface area contributed by atoms with Crippen molar-refractivity contribution in [2.24, 2.45) is 0 Å². The van der Waals surface area contributed by atoms with Gasteiger partial charge in [0.25, 0.3) is 10.0 Å². The highest BCUT2D eigenvalue weighted by molar-refractivity contribution is 7.92.